The van der Waals surface area contributed by atoms with Crippen molar-refractivity contribution in [2.45, 2.75) is 0 Å². The molecule has 0 fully saturated rings. The molecule has 2 aromatic rings. The maximum atomic E-state index is 13.0. The van der Waals surface area contributed by atoms with Gasteiger partial charge in [0.15, 0.2) is 0 Å². The van der Waals surface area contributed by atoms with Gasteiger partial charge in [-0.2, -0.15) is 0 Å². The molecular weight excluding hydrogens is 326 g/mol. The lowest BCUT2D eigenvalue weighted by Crippen LogP contribution is -2.13. The highest BCUT2D eigenvalue weighted by Crippen LogP contribution is 2.29. The van der Waals surface area contributed by atoms with Crippen molar-refractivity contribution in [1.29, 1.82) is 0 Å². The van der Waals surface area contributed by atoms with Crippen molar-refractivity contribution >= 4 is 52.1 Å². The van der Waals surface area contributed by atoms with Crippen molar-refractivity contribution in [2.24, 2.45) is 0 Å². The molecule has 3 N–H and O–H groups in total. The van der Waals surface area contributed by atoms with E-state index in [1.165, 1.54) is 24.3 Å². The van der Waals surface area contributed by atoms with Crippen molar-refractivity contribution in [3.63, 3.8) is 0 Å². The van der Waals surface area contributed by atoms with Crippen molar-refractivity contribution < 1.29 is 9.18 Å². The van der Waals surface area contributed by atoms with Gasteiger partial charge in [-0.05, 0) is 30.3 Å². The fourth-order valence-corrected chi connectivity index (χ4v) is 2.15. The Morgan fingerprint density at radius 1 is 1.10 bits per heavy atom. The van der Waals surface area contributed by atoms with Gasteiger partial charge in [0.2, 0.25) is 0 Å². The summed E-state index contributed by atoms with van der Waals surface area (Å²) in [5.41, 5.74) is 6.37. The fourth-order valence-electron chi connectivity index (χ4n) is 1.55. The molecule has 0 radical (unpaired) electrons. The predicted molar refractivity (Wildman–Crippen MR) is 80.2 cm³/mol. The Labute approximate surface area is 129 Å². The summed E-state index contributed by atoms with van der Waals surface area (Å²) < 4.78 is 13.0. The lowest BCUT2D eigenvalue weighted by atomic mass is 10.2. The SMILES string of the molecule is Nc1cc(Cl)c(Cl)c(C(=O)Nc2ccc(F)c(Cl)c2)c1. The van der Waals surface area contributed by atoms with Gasteiger partial charge >= 0.3 is 0 Å². The molecule has 2 rings (SSSR count). The molecule has 0 aromatic heterocycles. The standard InChI is InChI=1S/C13H8Cl3FN2O/c14-9-5-7(1-2-11(9)17)19-13(20)8-3-6(18)4-10(15)12(8)16/h1-5H,18H2,(H,19,20). The van der Waals surface area contributed by atoms with Gasteiger partial charge in [0.25, 0.3) is 5.91 Å². The number of amides is 1. The number of carbonyl (C=O) groups excluding carboxylic acids is 1. The molecule has 0 atom stereocenters. The van der Waals surface area contributed by atoms with Gasteiger partial charge in [0, 0.05) is 11.4 Å². The number of anilines is 2. The van der Waals surface area contributed by atoms with E-state index in [1.807, 2.05) is 0 Å². The van der Waals surface area contributed by atoms with Gasteiger partial charge in [-0.3, -0.25) is 4.79 Å². The molecule has 0 saturated heterocycles. The summed E-state index contributed by atoms with van der Waals surface area (Å²) in [6.07, 6.45) is 0. The topological polar surface area (TPSA) is 55.1 Å². The van der Waals surface area contributed by atoms with E-state index in [1.54, 1.807) is 0 Å². The van der Waals surface area contributed by atoms with Gasteiger partial charge in [0.05, 0.1) is 20.6 Å². The summed E-state index contributed by atoms with van der Waals surface area (Å²) in [4.78, 5) is 12.1. The number of rotatable bonds is 2. The van der Waals surface area contributed by atoms with Crippen LogP contribution in [0.3, 0.4) is 0 Å². The molecule has 0 saturated carbocycles. The number of carbonyl (C=O) groups is 1. The Hall–Kier alpha value is -1.49. The van der Waals surface area contributed by atoms with Crippen molar-refractivity contribution in [3.05, 3.63) is 56.8 Å². The molecular formula is C13H8Cl3FN2O. The molecule has 0 spiro atoms. The first-order chi connectivity index (χ1) is 9.38. The van der Waals surface area contributed by atoms with Gasteiger partial charge in [0.1, 0.15) is 5.82 Å². The van der Waals surface area contributed by atoms with Gasteiger partial charge in [-0.25, -0.2) is 4.39 Å². The summed E-state index contributed by atoms with van der Waals surface area (Å²) >= 11 is 17.4. The normalized spacial score (nSPS) is 10.4. The second-order valence-electron chi connectivity index (χ2n) is 3.95. The number of nitrogens with one attached hydrogen (secondary N) is 1. The molecule has 0 aliphatic carbocycles. The molecule has 7 heteroatoms. The summed E-state index contributed by atoms with van der Waals surface area (Å²) in [5.74, 6) is -1.10. The van der Waals surface area contributed by atoms with Crippen LogP contribution in [0.4, 0.5) is 15.8 Å². The van der Waals surface area contributed by atoms with E-state index in [0.29, 0.717) is 11.4 Å². The Kier molecular flexibility index (Phi) is 4.38. The van der Waals surface area contributed by atoms with E-state index in [-0.39, 0.29) is 20.6 Å². The summed E-state index contributed by atoms with van der Waals surface area (Å²) in [7, 11) is 0. The minimum Gasteiger partial charge on any atom is -0.399 e. The average Bonchev–Trinajstić information content (AvgIpc) is 2.38. The first-order valence-corrected chi connectivity index (χ1v) is 6.53. The van der Waals surface area contributed by atoms with Crippen LogP contribution >= 0.6 is 34.8 Å². The molecule has 0 aliphatic rings. The third-order valence-electron chi connectivity index (χ3n) is 2.47. The van der Waals surface area contributed by atoms with E-state index in [0.717, 1.165) is 6.07 Å². The first kappa shape index (κ1) is 14.9. The van der Waals surface area contributed by atoms with E-state index in [4.69, 9.17) is 40.5 Å². The molecule has 0 heterocycles. The van der Waals surface area contributed by atoms with Crippen LogP contribution in [0.1, 0.15) is 10.4 Å². The number of benzene rings is 2. The minimum absolute atomic E-state index is 0.0894. The number of nitrogen functional groups attached to an aromatic ring is 1. The number of hydrogen-bond donors (Lipinski definition) is 2. The lowest BCUT2D eigenvalue weighted by Gasteiger charge is -2.09. The summed E-state index contributed by atoms with van der Waals surface area (Å²) in [6.45, 7) is 0. The fraction of sp³-hybridized carbons (Fsp3) is 0. The van der Waals surface area contributed by atoms with Crippen LogP contribution in [0, 0.1) is 5.82 Å². The monoisotopic (exact) mass is 332 g/mol. The zero-order valence-corrected chi connectivity index (χ0v) is 12.2. The predicted octanol–water partition coefficient (Wildman–Crippen LogP) is 4.62. The largest absolute Gasteiger partial charge is 0.399 e. The van der Waals surface area contributed by atoms with Crippen LogP contribution in [0.2, 0.25) is 15.1 Å². The van der Waals surface area contributed by atoms with Crippen LogP contribution in [0.25, 0.3) is 0 Å². The molecule has 3 nitrogen and oxygen atoms in total. The quantitative estimate of drug-likeness (QED) is 0.788. The van der Waals surface area contributed by atoms with E-state index < -0.39 is 11.7 Å². The molecule has 0 bridgehead atoms. The van der Waals surface area contributed by atoms with Gasteiger partial charge in [-0.1, -0.05) is 34.8 Å². The number of nitrogens with two attached hydrogens (primary N) is 1. The first-order valence-electron chi connectivity index (χ1n) is 5.39. The second kappa shape index (κ2) is 5.87. The van der Waals surface area contributed by atoms with E-state index in [2.05, 4.69) is 5.32 Å². The second-order valence-corrected chi connectivity index (χ2v) is 5.14. The van der Waals surface area contributed by atoms with Gasteiger partial charge in [-0.15, -0.1) is 0 Å². The van der Waals surface area contributed by atoms with Crippen LogP contribution < -0.4 is 11.1 Å². The van der Waals surface area contributed by atoms with Crippen LogP contribution in [-0.4, -0.2) is 5.91 Å². The Morgan fingerprint density at radius 3 is 2.45 bits per heavy atom. The molecule has 2 aromatic carbocycles. The highest BCUT2D eigenvalue weighted by Gasteiger charge is 2.15. The van der Waals surface area contributed by atoms with Crippen molar-refractivity contribution in [3.8, 4) is 0 Å². The molecule has 20 heavy (non-hydrogen) atoms. The summed E-state index contributed by atoms with van der Waals surface area (Å²) in [6, 6.07) is 6.65. The van der Waals surface area contributed by atoms with Crippen molar-refractivity contribution in [2.75, 3.05) is 11.1 Å². The molecule has 1 amide bonds. The molecule has 104 valence electrons. The smallest absolute Gasteiger partial charge is 0.257 e. The Balaban J connectivity index is 2.30. The zero-order valence-electron chi connectivity index (χ0n) is 9.88. The van der Waals surface area contributed by atoms with Crippen LogP contribution in [0.5, 0.6) is 0 Å². The average molecular weight is 334 g/mol. The molecule has 0 aliphatic heterocycles. The Morgan fingerprint density at radius 2 is 1.80 bits per heavy atom. The number of halogens is 4. The summed E-state index contributed by atoms with van der Waals surface area (Å²) in [5, 5.41) is 2.70. The van der Waals surface area contributed by atoms with Gasteiger partial charge < -0.3 is 11.1 Å². The lowest BCUT2D eigenvalue weighted by molar-refractivity contribution is 0.102. The van der Waals surface area contributed by atoms with Crippen molar-refractivity contribution in [1.82, 2.24) is 0 Å². The third kappa shape index (κ3) is 3.15. The maximum absolute atomic E-state index is 13.0. The van der Waals surface area contributed by atoms with Crippen LogP contribution in [-0.2, 0) is 0 Å². The maximum Gasteiger partial charge on any atom is 0.257 e. The van der Waals surface area contributed by atoms with Crippen LogP contribution in [0.15, 0.2) is 30.3 Å². The zero-order chi connectivity index (χ0) is 14.9. The highest BCUT2D eigenvalue weighted by molar-refractivity contribution is 6.44. The highest BCUT2D eigenvalue weighted by atomic mass is 35.5. The minimum atomic E-state index is -0.574. The van der Waals surface area contributed by atoms with E-state index >= 15 is 0 Å². The third-order valence-corrected chi connectivity index (χ3v) is 3.56. The number of hydrogen-bond acceptors (Lipinski definition) is 2. The molecule has 0 unspecified atom stereocenters. The van der Waals surface area contributed by atoms with E-state index in [9.17, 15) is 9.18 Å². The Bertz CT molecular complexity index is 692.